The first-order valence-corrected chi connectivity index (χ1v) is 17.8. The van der Waals surface area contributed by atoms with Crippen molar-refractivity contribution in [3.05, 3.63) is 71.1 Å². The molecule has 0 heterocycles. The highest BCUT2D eigenvalue weighted by atomic mass is 32.2. The van der Waals surface area contributed by atoms with Gasteiger partial charge in [0.2, 0.25) is 5.91 Å². The Labute approximate surface area is 281 Å². The molecule has 0 radical (unpaired) electrons. The highest BCUT2D eigenvalue weighted by Gasteiger charge is 2.33. The highest BCUT2D eigenvalue weighted by molar-refractivity contribution is 7.93. The monoisotopic (exact) mass is 683 g/mol. The molecule has 13 nitrogen and oxygen atoms in total. The first-order valence-electron chi connectivity index (χ1n) is 15.8. The van der Waals surface area contributed by atoms with E-state index in [2.05, 4.69) is 15.6 Å². The van der Waals surface area contributed by atoms with Crippen LogP contribution < -0.4 is 22.1 Å². The van der Waals surface area contributed by atoms with E-state index in [1.165, 1.54) is 0 Å². The molecule has 2 aromatic carbocycles. The summed E-state index contributed by atoms with van der Waals surface area (Å²) in [6.45, 7) is 3.87. The molecule has 1 aliphatic carbocycles. The number of benzene rings is 2. The molecule has 2 amide bonds. The van der Waals surface area contributed by atoms with Crippen LogP contribution in [-0.4, -0.2) is 74.7 Å². The van der Waals surface area contributed by atoms with E-state index in [1.807, 2.05) is 55.5 Å². The zero-order valence-corrected chi connectivity index (χ0v) is 28.2. The second kappa shape index (κ2) is 17.4. The van der Waals surface area contributed by atoms with Crippen LogP contribution in [0.4, 0.5) is 4.79 Å². The standard InChI is InChI=1S/C34H45N5O8S/c1-4-21(2)27(32(43)38-22(18-31(41)42)15-17-48(3,45)46)19-30(40)29(14-9-16-37-33(35)36)39-34(44)47-20-28-25-12-7-5-10-23(25)24-11-6-8-13-26(24)28/h5-8,10-13,15,17,21-22,27-29H,4,9,14,16,18-20H2,1-3H3,(H,38,43)(H,39,44)(H,41,42)(H4,35,36,37)/b17-15+/t21?,22-,27+,29+/m1/s1. The van der Waals surface area contributed by atoms with Gasteiger partial charge in [0.15, 0.2) is 21.6 Å². The third-order valence-corrected chi connectivity index (χ3v) is 8.99. The molecule has 0 aliphatic heterocycles. The van der Waals surface area contributed by atoms with Crippen LogP contribution in [0.25, 0.3) is 11.1 Å². The van der Waals surface area contributed by atoms with E-state index in [-0.39, 0.29) is 43.8 Å². The van der Waals surface area contributed by atoms with Crippen molar-refractivity contribution in [1.29, 1.82) is 0 Å². The van der Waals surface area contributed by atoms with Gasteiger partial charge in [-0.25, -0.2) is 13.2 Å². The number of sulfone groups is 1. The number of carboxylic acid groups (broad SMARTS) is 1. The van der Waals surface area contributed by atoms with Gasteiger partial charge in [-0.15, -0.1) is 0 Å². The minimum absolute atomic E-state index is 0.0403. The fourth-order valence-corrected chi connectivity index (χ4v) is 6.15. The van der Waals surface area contributed by atoms with Crippen LogP contribution in [0.5, 0.6) is 0 Å². The number of rotatable bonds is 18. The normalized spacial score (nSPS) is 15.0. The molecule has 4 atom stereocenters. The highest BCUT2D eigenvalue weighted by Crippen LogP contribution is 2.44. The number of carbonyl (C=O) groups excluding carboxylic acids is 3. The summed E-state index contributed by atoms with van der Waals surface area (Å²) in [6, 6.07) is 13.6. The van der Waals surface area contributed by atoms with Crippen molar-refractivity contribution in [3.8, 4) is 11.1 Å². The van der Waals surface area contributed by atoms with E-state index in [0.717, 1.165) is 40.0 Å². The fraction of sp³-hybridized carbons (Fsp3) is 0.441. The van der Waals surface area contributed by atoms with Gasteiger partial charge in [0.25, 0.3) is 0 Å². The van der Waals surface area contributed by atoms with Gasteiger partial charge in [0.1, 0.15) is 6.61 Å². The Morgan fingerprint density at radius 1 is 1.00 bits per heavy atom. The van der Waals surface area contributed by atoms with E-state index in [4.69, 9.17) is 16.2 Å². The summed E-state index contributed by atoms with van der Waals surface area (Å²) in [4.78, 5) is 55.7. The van der Waals surface area contributed by atoms with Gasteiger partial charge in [0.05, 0.1) is 18.5 Å². The van der Waals surface area contributed by atoms with E-state index in [9.17, 15) is 32.7 Å². The number of ether oxygens (including phenoxy) is 1. The zero-order chi connectivity index (χ0) is 35.4. The predicted molar refractivity (Wildman–Crippen MR) is 183 cm³/mol. The van der Waals surface area contributed by atoms with E-state index in [1.54, 1.807) is 6.92 Å². The number of aliphatic imine (C=N–C) groups is 1. The van der Waals surface area contributed by atoms with E-state index >= 15 is 0 Å². The van der Waals surface area contributed by atoms with Crippen molar-refractivity contribution in [2.24, 2.45) is 28.3 Å². The van der Waals surface area contributed by atoms with Crippen LogP contribution in [0.3, 0.4) is 0 Å². The smallest absolute Gasteiger partial charge is 0.407 e. The molecule has 0 saturated carbocycles. The number of nitrogens with one attached hydrogen (secondary N) is 2. The number of carbonyl (C=O) groups is 4. The van der Waals surface area contributed by atoms with Gasteiger partial charge in [-0.3, -0.25) is 19.4 Å². The van der Waals surface area contributed by atoms with Crippen molar-refractivity contribution in [2.45, 2.75) is 64.0 Å². The number of hydrogen-bond acceptors (Lipinski definition) is 8. The molecule has 2 aromatic rings. The average molecular weight is 684 g/mol. The van der Waals surface area contributed by atoms with Crippen LogP contribution in [-0.2, 0) is 29.0 Å². The summed E-state index contributed by atoms with van der Waals surface area (Å²) >= 11 is 0. The number of amides is 2. The Morgan fingerprint density at radius 3 is 2.15 bits per heavy atom. The Balaban J connectivity index is 1.75. The molecule has 0 saturated heterocycles. The van der Waals surface area contributed by atoms with Crippen LogP contribution >= 0.6 is 0 Å². The maximum Gasteiger partial charge on any atom is 0.407 e. The predicted octanol–water partition coefficient (Wildman–Crippen LogP) is 3.09. The van der Waals surface area contributed by atoms with E-state index < -0.39 is 58.0 Å². The molecule has 48 heavy (non-hydrogen) atoms. The van der Waals surface area contributed by atoms with Crippen molar-refractivity contribution >= 4 is 39.5 Å². The number of guanidine groups is 1. The Kier molecular flexibility index (Phi) is 13.7. The number of alkyl carbamates (subject to hydrolysis) is 1. The van der Waals surface area contributed by atoms with Crippen molar-refractivity contribution < 1.29 is 37.4 Å². The van der Waals surface area contributed by atoms with Gasteiger partial charge in [-0.2, -0.15) is 0 Å². The van der Waals surface area contributed by atoms with Gasteiger partial charge < -0.3 is 31.9 Å². The molecular formula is C34H45N5O8S. The quantitative estimate of drug-likeness (QED) is 0.0878. The molecule has 0 fully saturated rings. The Hall–Kier alpha value is -4.72. The number of nitrogens with two attached hydrogens (primary N) is 2. The topological polar surface area (TPSA) is 220 Å². The maximum absolute atomic E-state index is 13.7. The SMILES string of the molecule is CCC(C)[C@H](CC(=O)[C@H](CCCN=C(N)N)NC(=O)OCC1c2ccccc2-c2ccccc21)C(=O)N[C@H](/C=C/S(C)(=O)=O)CC(=O)O. The number of nitrogens with zero attached hydrogens (tertiary/aromatic N) is 1. The maximum atomic E-state index is 13.7. The molecule has 0 bridgehead atoms. The van der Waals surface area contributed by atoms with Gasteiger partial charge in [-0.05, 0) is 41.0 Å². The molecule has 14 heteroatoms. The minimum Gasteiger partial charge on any atom is -0.481 e. The van der Waals surface area contributed by atoms with Crippen LogP contribution in [0.2, 0.25) is 0 Å². The molecule has 0 aromatic heterocycles. The lowest BCUT2D eigenvalue weighted by Gasteiger charge is -2.26. The van der Waals surface area contributed by atoms with E-state index in [0.29, 0.717) is 12.8 Å². The summed E-state index contributed by atoms with van der Waals surface area (Å²) in [7, 11) is -3.59. The second-order valence-electron chi connectivity index (χ2n) is 12.0. The average Bonchev–Trinajstić information content (AvgIpc) is 3.35. The fourth-order valence-electron chi connectivity index (χ4n) is 5.68. The third kappa shape index (κ3) is 11.2. The number of Topliss-reactive ketones (excluding diaryl/α,β-unsaturated/α-hetero) is 1. The van der Waals surface area contributed by atoms with Crippen molar-refractivity contribution in [2.75, 3.05) is 19.4 Å². The number of carboxylic acids is 1. The number of hydrogen-bond donors (Lipinski definition) is 5. The summed E-state index contributed by atoms with van der Waals surface area (Å²) in [5.74, 6) is -3.80. The first kappa shape index (κ1) is 37.7. The summed E-state index contributed by atoms with van der Waals surface area (Å²) in [5, 5.41) is 15.4. The Bertz CT molecular complexity index is 1590. The number of fused-ring (bicyclic) bond motifs is 3. The summed E-state index contributed by atoms with van der Waals surface area (Å²) < 4.78 is 28.9. The van der Waals surface area contributed by atoms with Crippen molar-refractivity contribution in [1.82, 2.24) is 10.6 Å². The van der Waals surface area contributed by atoms with Crippen molar-refractivity contribution in [3.63, 3.8) is 0 Å². The number of aliphatic carboxylic acids is 1. The van der Waals surface area contributed by atoms with Crippen LogP contribution in [0.1, 0.15) is 63.0 Å². The Morgan fingerprint density at radius 2 is 1.60 bits per heavy atom. The zero-order valence-electron chi connectivity index (χ0n) is 27.4. The lowest BCUT2D eigenvalue weighted by molar-refractivity contribution is -0.138. The molecule has 7 N–H and O–H groups in total. The summed E-state index contributed by atoms with van der Waals surface area (Å²) in [5.41, 5.74) is 15.1. The van der Waals surface area contributed by atoms with Gasteiger partial charge in [0, 0.05) is 36.5 Å². The number of ketones is 1. The molecule has 3 rings (SSSR count). The second-order valence-corrected chi connectivity index (χ2v) is 13.9. The largest absolute Gasteiger partial charge is 0.481 e. The lowest BCUT2D eigenvalue weighted by atomic mass is 9.84. The van der Waals surface area contributed by atoms with Gasteiger partial charge in [-0.1, -0.05) is 74.9 Å². The molecular weight excluding hydrogens is 638 g/mol. The third-order valence-electron chi connectivity index (χ3n) is 8.34. The first-order chi connectivity index (χ1) is 22.7. The molecule has 1 unspecified atom stereocenters. The van der Waals surface area contributed by atoms with Crippen LogP contribution in [0.15, 0.2) is 65.0 Å². The minimum atomic E-state index is -3.59. The van der Waals surface area contributed by atoms with Gasteiger partial charge >= 0.3 is 12.1 Å². The molecule has 260 valence electrons. The molecule has 0 spiro atoms. The lowest BCUT2D eigenvalue weighted by Crippen LogP contribution is -2.46. The summed E-state index contributed by atoms with van der Waals surface area (Å²) in [6.07, 6.45) is 1.44. The van der Waals surface area contributed by atoms with Crippen LogP contribution in [0, 0.1) is 11.8 Å². The molecule has 1 aliphatic rings.